The van der Waals surface area contributed by atoms with Crippen LogP contribution in [-0.4, -0.2) is 24.7 Å². The second kappa shape index (κ2) is 5.32. The Morgan fingerprint density at radius 2 is 2.16 bits per heavy atom. The number of fused-ring (bicyclic) bond motifs is 1. The number of para-hydroxylation sites is 1. The molecule has 2 aromatic rings. The molecule has 0 bridgehead atoms. The van der Waals surface area contributed by atoms with Crippen LogP contribution in [0.2, 0.25) is 0 Å². The zero-order chi connectivity index (χ0) is 13.1. The smallest absolute Gasteiger partial charge is 0.181 e. The highest BCUT2D eigenvalue weighted by Crippen LogP contribution is 2.40. The van der Waals surface area contributed by atoms with Crippen LogP contribution in [0.15, 0.2) is 29.0 Å². The summed E-state index contributed by atoms with van der Waals surface area (Å²) in [5.74, 6) is 2.24. The van der Waals surface area contributed by atoms with Gasteiger partial charge in [-0.05, 0) is 18.7 Å². The number of hydrogen-bond donors (Lipinski definition) is 1. The lowest BCUT2D eigenvalue weighted by atomic mass is 10.1. The number of hydrogen-bond acceptors (Lipinski definition) is 5. The number of nitrogens with zero attached hydrogens (tertiary/aromatic N) is 1. The van der Waals surface area contributed by atoms with Crippen molar-refractivity contribution in [1.82, 2.24) is 10.3 Å². The van der Waals surface area contributed by atoms with E-state index in [9.17, 15) is 0 Å². The maximum Gasteiger partial charge on any atom is 0.181 e. The zero-order valence-electron chi connectivity index (χ0n) is 10.8. The first-order valence-corrected chi connectivity index (χ1v) is 6.42. The lowest BCUT2D eigenvalue weighted by Gasteiger charge is -2.20. The molecule has 1 aliphatic heterocycles. The Kier molecular flexibility index (Phi) is 3.37. The third-order valence-corrected chi connectivity index (χ3v) is 2.99. The molecule has 1 aromatic carbocycles. The molecule has 0 amide bonds. The lowest BCUT2D eigenvalue weighted by Crippen LogP contribution is -2.16. The van der Waals surface area contributed by atoms with Gasteiger partial charge in [0.1, 0.15) is 18.9 Å². The van der Waals surface area contributed by atoms with Crippen molar-refractivity contribution in [3.63, 3.8) is 0 Å². The van der Waals surface area contributed by atoms with Gasteiger partial charge in [-0.2, -0.15) is 0 Å². The standard InChI is InChI=1S/C14H16N2O3/c1-2-15-8-11-13(19-9-16-11)10-4-3-5-12-14(10)18-7-6-17-12/h3-5,9,15H,2,6-8H2,1H3. The van der Waals surface area contributed by atoms with E-state index in [1.54, 1.807) is 0 Å². The molecule has 5 heteroatoms. The van der Waals surface area contributed by atoms with Gasteiger partial charge in [-0.1, -0.05) is 13.0 Å². The van der Waals surface area contributed by atoms with Gasteiger partial charge >= 0.3 is 0 Å². The van der Waals surface area contributed by atoms with Crippen LogP contribution in [0.1, 0.15) is 12.6 Å². The highest BCUT2D eigenvalue weighted by atomic mass is 16.6. The minimum Gasteiger partial charge on any atom is -0.486 e. The van der Waals surface area contributed by atoms with Crippen molar-refractivity contribution in [3.8, 4) is 22.8 Å². The molecule has 0 atom stereocenters. The van der Waals surface area contributed by atoms with E-state index < -0.39 is 0 Å². The molecule has 0 radical (unpaired) electrons. The van der Waals surface area contributed by atoms with Crippen molar-refractivity contribution >= 4 is 0 Å². The van der Waals surface area contributed by atoms with Gasteiger partial charge < -0.3 is 19.2 Å². The molecule has 5 nitrogen and oxygen atoms in total. The summed E-state index contributed by atoms with van der Waals surface area (Å²) in [6, 6.07) is 5.80. The molecule has 0 saturated heterocycles. The Morgan fingerprint density at radius 3 is 3.05 bits per heavy atom. The first-order chi connectivity index (χ1) is 9.40. The summed E-state index contributed by atoms with van der Waals surface area (Å²) in [5.41, 5.74) is 1.77. The maximum absolute atomic E-state index is 5.70. The van der Waals surface area contributed by atoms with Gasteiger partial charge in [0.25, 0.3) is 0 Å². The Bertz CT molecular complexity index is 566. The summed E-state index contributed by atoms with van der Waals surface area (Å²) >= 11 is 0. The molecule has 0 fully saturated rings. The van der Waals surface area contributed by atoms with Crippen molar-refractivity contribution in [2.24, 2.45) is 0 Å². The van der Waals surface area contributed by atoms with E-state index in [1.807, 2.05) is 18.2 Å². The van der Waals surface area contributed by atoms with Crippen LogP contribution in [-0.2, 0) is 6.54 Å². The first kappa shape index (κ1) is 12.0. The van der Waals surface area contributed by atoms with Crippen molar-refractivity contribution in [3.05, 3.63) is 30.3 Å². The number of nitrogens with one attached hydrogen (secondary N) is 1. The Hall–Kier alpha value is -2.01. The lowest BCUT2D eigenvalue weighted by molar-refractivity contribution is 0.172. The van der Waals surface area contributed by atoms with Crippen LogP contribution in [0.5, 0.6) is 11.5 Å². The van der Waals surface area contributed by atoms with Crippen LogP contribution < -0.4 is 14.8 Å². The van der Waals surface area contributed by atoms with E-state index in [0.29, 0.717) is 19.8 Å². The van der Waals surface area contributed by atoms with Crippen LogP contribution in [0.4, 0.5) is 0 Å². The quantitative estimate of drug-likeness (QED) is 0.913. The predicted octanol–water partition coefficient (Wildman–Crippen LogP) is 2.22. The van der Waals surface area contributed by atoms with E-state index >= 15 is 0 Å². The fraction of sp³-hybridized carbons (Fsp3) is 0.357. The molecule has 19 heavy (non-hydrogen) atoms. The maximum atomic E-state index is 5.70. The van der Waals surface area contributed by atoms with Crippen molar-refractivity contribution in [2.75, 3.05) is 19.8 Å². The van der Waals surface area contributed by atoms with Gasteiger partial charge in [-0.25, -0.2) is 4.98 Å². The van der Waals surface area contributed by atoms with Gasteiger partial charge in [0.15, 0.2) is 23.7 Å². The van der Waals surface area contributed by atoms with Crippen molar-refractivity contribution < 1.29 is 13.9 Å². The molecule has 1 aliphatic rings. The van der Waals surface area contributed by atoms with Gasteiger partial charge in [-0.15, -0.1) is 0 Å². The molecule has 1 aromatic heterocycles. The second-order valence-corrected chi connectivity index (χ2v) is 4.24. The third kappa shape index (κ3) is 2.29. The number of rotatable bonds is 4. The summed E-state index contributed by atoms with van der Waals surface area (Å²) in [6.45, 7) is 4.75. The molecule has 0 unspecified atom stereocenters. The average Bonchev–Trinajstić information content (AvgIpc) is 2.92. The van der Waals surface area contributed by atoms with E-state index in [0.717, 1.165) is 35.1 Å². The van der Waals surface area contributed by atoms with Crippen LogP contribution >= 0.6 is 0 Å². The molecule has 0 spiro atoms. The van der Waals surface area contributed by atoms with Crippen molar-refractivity contribution in [2.45, 2.75) is 13.5 Å². The van der Waals surface area contributed by atoms with Gasteiger partial charge in [0, 0.05) is 6.54 Å². The number of oxazole rings is 1. The van der Waals surface area contributed by atoms with E-state index in [4.69, 9.17) is 13.9 Å². The molecule has 3 rings (SSSR count). The molecular formula is C14H16N2O3. The molecule has 0 aliphatic carbocycles. The predicted molar refractivity (Wildman–Crippen MR) is 70.3 cm³/mol. The Labute approximate surface area is 111 Å². The topological polar surface area (TPSA) is 56.5 Å². The Morgan fingerprint density at radius 1 is 1.26 bits per heavy atom. The van der Waals surface area contributed by atoms with Crippen LogP contribution in [0.3, 0.4) is 0 Å². The number of benzene rings is 1. The van der Waals surface area contributed by atoms with Crippen molar-refractivity contribution in [1.29, 1.82) is 0 Å². The van der Waals surface area contributed by atoms with E-state index in [2.05, 4.69) is 17.2 Å². The SMILES string of the molecule is CCNCc1ncoc1-c1cccc2c1OCCO2. The van der Waals surface area contributed by atoms with Gasteiger partial charge in [-0.3, -0.25) is 0 Å². The summed E-state index contributed by atoms with van der Waals surface area (Å²) in [4.78, 5) is 4.25. The summed E-state index contributed by atoms with van der Waals surface area (Å²) < 4.78 is 16.8. The second-order valence-electron chi connectivity index (χ2n) is 4.24. The van der Waals surface area contributed by atoms with Gasteiger partial charge in [0.05, 0.1) is 5.56 Å². The minimum absolute atomic E-state index is 0.556. The van der Waals surface area contributed by atoms with E-state index in [-0.39, 0.29) is 0 Å². The monoisotopic (exact) mass is 260 g/mol. The zero-order valence-corrected chi connectivity index (χ0v) is 10.8. The molecule has 2 heterocycles. The molecule has 1 N–H and O–H groups in total. The normalized spacial score (nSPS) is 13.5. The summed E-state index contributed by atoms with van der Waals surface area (Å²) in [6.07, 6.45) is 1.46. The number of ether oxygens (including phenoxy) is 2. The van der Waals surface area contributed by atoms with E-state index in [1.165, 1.54) is 6.39 Å². The largest absolute Gasteiger partial charge is 0.486 e. The fourth-order valence-corrected chi connectivity index (χ4v) is 2.11. The highest BCUT2D eigenvalue weighted by Gasteiger charge is 2.21. The summed E-state index contributed by atoms with van der Waals surface area (Å²) in [7, 11) is 0. The first-order valence-electron chi connectivity index (χ1n) is 6.42. The average molecular weight is 260 g/mol. The molecule has 0 saturated carbocycles. The molecular weight excluding hydrogens is 244 g/mol. The van der Waals surface area contributed by atoms with Crippen LogP contribution in [0, 0.1) is 0 Å². The third-order valence-electron chi connectivity index (χ3n) is 2.99. The Balaban J connectivity index is 2.00. The van der Waals surface area contributed by atoms with Gasteiger partial charge in [0.2, 0.25) is 0 Å². The highest BCUT2D eigenvalue weighted by molar-refractivity contribution is 5.71. The van der Waals surface area contributed by atoms with Crippen LogP contribution in [0.25, 0.3) is 11.3 Å². The fourth-order valence-electron chi connectivity index (χ4n) is 2.11. The molecule has 100 valence electrons. The minimum atomic E-state index is 0.556. The summed E-state index contributed by atoms with van der Waals surface area (Å²) in [5, 5.41) is 3.25. The number of aromatic nitrogens is 1.